The van der Waals surface area contributed by atoms with Crippen LogP contribution in [-0.4, -0.2) is 34.9 Å². The van der Waals surface area contributed by atoms with Crippen molar-refractivity contribution in [2.45, 2.75) is 18.8 Å². The smallest absolute Gasteiger partial charge is 0.377 e. The Bertz CT molecular complexity index is 412. The number of carbonyl (C=O) groups excluding carboxylic acids is 1. The highest BCUT2D eigenvalue weighted by molar-refractivity contribution is 5.76. The molecule has 0 saturated carbocycles. The monoisotopic (exact) mass is 249 g/mol. The van der Waals surface area contributed by atoms with Crippen LogP contribution >= 0.6 is 0 Å². The van der Waals surface area contributed by atoms with E-state index in [0.717, 1.165) is 16.9 Å². The van der Waals surface area contributed by atoms with Crippen LogP contribution in [0, 0.1) is 0 Å². The summed E-state index contributed by atoms with van der Waals surface area (Å²) in [6, 6.07) is 0.792. The molecular formula is C9H10F3N3O2. The number of hydrogen-bond donors (Lipinski definition) is 1. The first-order valence-corrected chi connectivity index (χ1v) is 4.93. The number of carbonyl (C=O) groups is 1. The minimum absolute atomic E-state index is 0.0415. The Morgan fingerprint density at radius 1 is 1.59 bits per heavy atom. The summed E-state index contributed by atoms with van der Waals surface area (Å²) < 4.78 is 42.5. The molecule has 0 bridgehead atoms. The number of nitrogens with zero attached hydrogens (tertiary/aromatic N) is 2. The van der Waals surface area contributed by atoms with E-state index in [1.165, 1.54) is 0 Å². The van der Waals surface area contributed by atoms with Crippen LogP contribution in [0.25, 0.3) is 0 Å². The van der Waals surface area contributed by atoms with Gasteiger partial charge in [0.2, 0.25) is 5.91 Å². The lowest BCUT2D eigenvalue weighted by Crippen LogP contribution is -2.49. The maximum absolute atomic E-state index is 12.2. The van der Waals surface area contributed by atoms with Gasteiger partial charge in [-0.2, -0.15) is 18.3 Å². The highest BCUT2D eigenvalue weighted by Crippen LogP contribution is 2.27. The van der Waals surface area contributed by atoms with Crippen molar-refractivity contribution < 1.29 is 22.7 Å². The van der Waals surface area contributed by atoms with Crippen molar-refractivity contribution in [1.82, 2.24) is 15.1 Å². The number of alkyl halides is 3. The Kier molecular flexibility index (Phi) is 3.05. The second-order valence-corrected chi connectivity index (χ2v) is 3.70. The molecule has 0 atom stereocenters. The van der Waals surface area contributed by atoms with Gasteiger partial charge < -0.3 is 10.1 Å². The molecule has 2 heterocycles. The molecule has 0 radical (unpaired) electrons. The summed E-state index contributed by atoms with van der Waals surface area (Å²) in [6.07, 6.45) is -3.36. The Balaban J connectivity index is 1.89. The first-order chi connectivity index (χ1) is 7.95. The highest BCUT2D eigenvalue weighted by atomic mass is 19.4. The second kappa shape index (κ2) is 4.36. The van der Waals surface area contributed by atoms with Crippen LogP contribution in [0.5, 0.6) is 0 Å². The predicted octanol–water partition coefficient (Wildman–Crippen LogP) is 0.417. The molecule has 2 rings (SSSR count). The maximum Gasteiger partial charge on any atom is 0.435 e. The van der Waals surface area contributed by atoms with E-state index in [1.807, 2.05) is 0 Å². The van der Waals surface area contributed by atoms with Gasteiger partial charge in [0.25, 0.3) is 0 Å². The fraction of sp³-hybridized carbons (Fsp3) is 0.556. The Morgan fingerprint density at radius 3 is 2.76 bits per heavy atom. The van der Waals surface area contributed by atoms with E-state index in [-0.39, 0.29) is 18.5 Å². The quantitative estimate of drug-likeness (QED) is 0.844. The number of aromatic nitrogens is 2. The summed E-state index contributed by atoms with van der Waals surface area (Å²) in [7, 11) is 0. The maximum atomic E-state index is 12.2. The number of rotatable bonds is 3. The SMILES string of the molecule is O=C(Cn1ccc(C(F)(F)F)n1)NC1COC1. The molecule has 5 nitrogen and oxygen atoms in total. The van der Waals surface area contributed by atoms with Gasteiger partial charge in [0.05, 0.1) is 19.3 Å². The summed E-state index contributed by atoms with van der Waals surface area (Å²) in [4.78, 5) is 11.4. The van der Waals surface area contributed by atoms with Gasteiger partial charge in [0.1, 0.15) is 6.54 Å². The van der Waals surface area contributed by atoms with E-state index in [1.54, 1.807) is 0 Å². The fourth-order valence-corrected chi connectivity index (χ4v) is 1.34. The van der Waals surface area contributed by atoms with E-state index in [9.17, 15) is 18.0 Å². The second-order valence-electron chi connectivity index (χ2n) is 3.70. The Hall–Kier alpha value is -1.57. The average Bonchev–Trinajstić information content (AvgIpc) is 2.59. The largest absolute Gasteiger partial charge is 0.435 e. The third-order valence-corrected chi connectivity index (χ3v) is 2.24. The molecule has 8 heteroatoms. The zero-order valence-electron chi connectivity index (χ0n) is 8.70. The van der Waals surface area contributed by atoms with E-state index < -0.39 is 11.9 Å². The van der Waals surface area contributed by atoms with E-state index in [2.05, 4.69) is 10.4 Å². The van der Waals surface area contributed by atoms with Gasteiger partial charge in [-0.25, -0.2) is 0 Å². The predicted molar refractivity (Wildman–Crippen MR) is 50.0 cm³/mol. The Morgan fingerprint density at radius 2 is 2.29 bits per heavy atom. The van der Waals surface area contributed by atoms with Crippen molar-refractivity contribution >= 4 is 5.91 Å². The zero-order valence-corrected chi connectivity index (χ0v) is 8.70. The third-order valence-electron chi connectivity index (χ3n) is 2.24. The van der Waals surface area contributed by atoms with Crippen LogP contribution in [0.15, 0.2) is 12.3 Å². The number of halogens is 3. The summed E-state index contributed by atoms with van der Waals surface area (Å²) in [5.41, 5.74) is -1.00. The third kappa shape index (κ3) is 2.96. The van der Waals surface area contributed by atoms with Crippen LogP contribution in [0.3, 0.4) is 0 Å². The Labute approximate surface area is 94.5 Å². The molecule has 1 aromatic rings. The standard InChI is InChI=1S/C9H10F3N3O2/c10-9(11,12)7-1-2-15(14-7)3-8(16)13-6-4-17-5-6/h1-2,6H,3-5H2,(H,13,16). The van der Waals surface area contributed by atoms with Crippen molar-refractivity contribution in [3.63, 3.8) is 0 Å². The van der Waals surface area contributed by atoms with Gasteiger partial charge in [0, 0.05) is 6.20 Å². The average molecular weight is 249 g/mol. The molecule has 1 aliphatic heterocycles. The molecule has 1 saturated heterocycles. The van der Waals surface area contributed by atoms with Gasteiger partial charge in [-0.3, -0.25) is 9.48 Å². The fourth-order valence-electron chi connectivity index (χ4n) is 1.34. The van der Waals surface area contributed by atoms with Crippen LogP contribution in [0.1, 0.15) is 5.69 Å². The minimum atomic E-state index is -4.48. The van der Waals surface area contributed by atoms with Crippen LogP contribution in [-0.2, 0) is 22.3 Å². The van der Waals surface area contributed by atoms with Crippen molar-refractivity contribution in [3.8, 4) is 0 Å². The molecule has 1 aromatic heterocycles. The highest BCUT2D eigenvalue weighted by Gasteiger charge is 2.33. The molecule has 0 unspecified atom stereocenters. The zero-order chi connectivity index (χ0) is 12.5. The number of nitrogens with one attached hydrogen (secondary N) is 1. The van der Waals surface area contributed by atoms with Gasteiger partial charge in [-0.15, -0.1) is 0 Å². The first kappa shape index (κ1) is 11.9. The minimum Gasteiger partial charge on any atom is -0.377 e. The van der Waals surface area contributed by atoms with Crippen LogP contribution in [0.2, 0.25) is 0 Å². The topological polar surface area (TPSA) is 56.2 Å². The van der Waals surface area contributed by atoms with Gasteiger partial charge in [-0.1, -0.05) is 0 Å². The first-order valence-electron chi connectivity index (χ1n) is 4.93. The van der Waals surface area contributed by atoms with Gasteiger partial charge >= 0.3 is 6.18 Å². The molecule has 94 valence electrons. The lowest BCUT2D eigenvalue weighted by molar-refractivity contribution is -0.141. The number of ether oxygens (including phenoxy) is 1. The normalized spacial score (nSPS) is 16.6. The van der Waals surface area contributed by atoms with Crippen molar-refractivity contribution in [1.29, 1.82) is 0 Å². The molecule has 1 amide bonds. The molecular weight excluding hydrogens is 239 g/mol. The van der Waals surface area contributed by atoms with E-state index in [0.29, 0.717) is 13.2 Å². The van der Waals surface area contributed by atoms with Crippen molar-refractivity contribution in [2.75, 3.05) is 13.2 Å². The lowest BCUT2D eigenvalue weighted by Gasteiger charge is -2.26. The molecule has 0 aromatic carbocycles. The summed E-state index contributed by atoms with van der Waals surface area (Å²) in [5, 5.41) is 5.88. The number of amides is 1. The van der Waals surface area contributed by atoms with Gasteiger partial charge in [-0.05, 0) is 6.07 Å². The summed E-state index contributed by atoms with van der Waals surface area (Å²) in [5.74, 6) is -0.380. The van der Waals surface area contributed by atoms with Crippen LogP contribution in [0.4, 0.5) is 13.2 Å². The summed E-state index contributed by atoms with van der Waals surface area (Å²) >= 11 is 0. The number of hydrogen-bond acceptors (Lipinski definition) is 3. The van der Waals surface area contributed by atoms with Crippen LogP contribution < -0.4 is 5.32 Å². The molecule has 1 N–H and O–H groups in total. The molecule has 17 heavy (non-hydrogen) atoms. The lowest BCUT2D eigenvalue weighted by atomic mass is 10.2. The van der Waals surface area contributed by atoms with E-state index >= 15 is 0 Å². The van der Waals surface area contributed by atoms with Crippen molar-refractivity contribution in [2.24, 2.45) is 0 Å². The molecule has 1 aliphatic rings. The summed E-state index contributed by atoms with van der Waals surface area (Å²) in [6.45, 7) is 0.657. The molecule has 1 fully saturated rings. The van der Waals surface area contributed by atoms with E-state index in [4.69, 9.17) is 4.74 Å². The van der Waals surface area contributed by atoms with Gasteiger partial charge in [0.15, 0.2) is 5.69 Å². The van der Waals surface area contributed by atoms with Crippen molar-refractivity contribution in [3.05, 3.63) is 18.0 Å². The molecule has 0 aliphatic carbocycles. The molecule has 0 spiro atoms.